The third kappa shape index (κ3) is 5.61. The van der Waals surface area contributed by atoms with E-state index in [0.717, 1.165) is 0 Å². The number of ketones is 1. The van der Waals surface area contributed by atoms with Crippen molar-refractivity contribution in [2.45, 2.75) is 19.8 Å². The topological polar surface area (TPSA) is 52.3 Å². The minimum atomic E-state index is 0.0682. The Bertz CT molecular complexity index is 152. The van der Waals surface area contributed by atoms with Crippen LogP contribution in [-0.4, -0.2) is 19.5 Å². The van der Waals surface area contributed by atoms with Crippen molar-refractivity contribution in [3.8, 4) is 0 Å². The van der Waals surface area contributed by atoms with Gasteiger partial charge in [-0.3, -0.25) is 4.79 Å². The standard InChI is InChI=1S/C8H15NO2/c1-3-8(10)6-7(9)4-5-11-2/h6H,3-5,9H2,1-2H3. The molecule has 0 fully saturated rings. The van der Waals surface area contributed by atoms with Gasteiger partial charge >= 0.3 is 0 Å². The highest BCUT2D eigenvalue weighted by molar-refractivity contribution is 5.89. The second kappa shape index (κ2) is 5.92. The van der Waals surface area contributed by atoms with E-state index in [1.807, 2.05) is 6.92 Å². The highest BCUT2D eigenvalue weighted by Crippen LogP contribution is 1.94. The van der Waals surface area contributed by atoms with Crippen molar-refractivity contribution in [1.82, 2.24) is 0 Å². The average molecular weight is 157 g/mol. The molecule has 3 nitrogen and oxygen atoms in total. The van der Waals surface area contributed by atoms with Crippen LogP contribution in [0.5, 0.6) is 0 Å². The van der Waals surface area contributed by atoms with Gasteiger partial charge < -0.3 is 10.5 Å². The molecular weight excluding hydrogens is 142 g/mol. The molecule has 0 aromatic rings. The van der Waals surface area contributed by atoms with Gasteiger partial charge in [0, 0.05) is 25.6 Å². The largest absolute Gasteiger partial charge is 0.402 e. The van der Waals surface area contributed by atoms with Crippen LogP contribution in [0.25, 0.3) is 0 Å². The van der Waals surface area contributed by atoms with Gasteiger partial charge in [0.05, 0.1) is 6.61 Å². The molecule has 3 heteroatoms. The van der Waals surface area contributed by atoms with Crippen LogP contribution in [0.2, 0.25) is 0 Å². The molecule has 0 aromatic heterocycles. The van der Waals surface area contributed by atoms with Gasteiger partial charge in [0.15, 0.2) is 5.78 Å². The fourth-order valence-corrected chi connectivity index (χ4v) is 0.601. The Morgan fingerprint density at radius 3 is 2.73 bits per heavy atom. The summed E-state index contributed by atoms with van der Waals surface area (Å²) in [5.41, 5.74) is 6.09. The first-order chi connectivity index (χ1) is 5.20. The molecule has 0 aliphatic heterocycles. The number of hydrogen-bond acceptors (Lipinski definition) is 3. The lowest BCUT2D eigenvalue weighted by molar-refractivity contribution is -0.114. The van der Waals surface area contributed by atoms with Gasteiger partial charge in [-0.1, -0.05) is 6.92 Å². The summed E-state index contributed by atoms with van der Waals surface area (Å²) >= 11 is 0. The number of allylic oxidation sites excluding steroid dienone is 1. The number of hydrogen-bond donors (Lipinski definition) is 1. The summed E-state index contributed by atoms with van der Waals surface area (Å²) < 4.78 is 4.80. The highest BCUT2D eigenvalue weighted by atomic mass is 16.5. The van der Waals surface area contributed by atoms with Gasteiger partial charge in [-0.15, -0.1) is 0 Å². The summed E-state index contributed by atoms with van der Waals surface area (Å²) in [7, 11) is 1.61. The van der Waals surface area contributed by atoms with E-state index in [4.69, 9.17) is 10.5 Å². The van der Waals surface area contributed by atoms with Crippen LogP contribution in [0, 0.1) is 0 Å². The summed E-state index contributed by atoms with van der Waals surface area (Å²) in [4.78, 5) is 10.8. The molecule has 0 bridgehead atoms. The lowest BCUT2D eigenvalue weighted by atomic mass is 10.2. The lowest BCUT2D eigenvalue weighted by Crippen LogP contribution is -2.04. The first kappa shape index (κ1) is 10.2. The van der Waals surface area contributed by atoms with Crippen molar-refractivity contribution in [3.63, 3.8) is 0 Å². The highest BCUT2D eigenvalue weighted by Gasteiger charge is 1.94. The van der Waals surface area contributed by atoms with Gasteiger partial charge in [0.25, 0.3) is 0 Å². The molecule has 0 spiro atoms. The maximum Gasteiger partial charge on any atom is 0.157 e. The Balaban J connectivity index is 3.70. The molecule has 0 amide bonds. The Kier molecular flexibility index (Phi) is 5.47. The molecule has 11 heavy (non-hydrogen) atoms. The number of ether oxygens (including phenoxy) is 1. The summed E-state index contributed by atoms with van der Waals surface area (Å²) in [5, 5.41) is 0. The fraction of sp³-hybridized carbons (Fsp3) is 0.625. The Hall–Kier alpha value is -0.830. The van der Waals surface area contributed by atoms with Gasteiger partial charge in [-0.25, -0.2) is 0 Å². The molecule has 0 aliphatic rings. The molecule has 0 saturated carbocycles. The predicted molar refractivity (Wildman–Crippen MR) is 44.1 cm³/mol. The van der Waals surface area contributed by atoms with Crippen molar-refractivity contribution < 1.29 is 9.53 Å². The summed E-state index contributed by atoms with van der Waals surface area (Å²) in [5.74, 6) is 0.0682. The molecule has 0 unspecified atom stereocenters. The molecule has 0 aliphatic carbocycles. The first-order valence-electron chi connectivity index (χ1n) is 3.68. The van der Waals surface area contributed by atoms with Gasteiger partial charge in [0.1, 0.15) is 0 Å². The molecule has 0 radical (unpaired) electrons. The monoisotopic (exact) mass is 157 g/mol. The van der Waals surface area contributed by atoms with Gasteiger partial charge in [-0.05, 0) is 6.08 Å². The van der Waals surface area contributed by atoms with E-state index in [9.17, 15) is 4.79 Å². The molecule has 64 valence electrons. The van der Waals surface area contributed by atoms with E-state index in [1.165, 1.54) is 6.08 Å². The van der Waals surface area contributed by atoms with Crippen LogP contribution in [-0.2, 0) is 9.53 Å². The molecule has 0 rings (SSSR count). The zero-order valence-electron chi connectivity index (χ0n) is 7.09. The number of nitrogens with two attached hydrogens (primary N) is 1. The molecule has 0 heterocycles. The number of methoxy groups -OCH3 is 1. The Morgan fingerprint density at radius 2 is 2.27 bits per heavy atom. The predicted octanol–water partition coefficient (Wildman–Crippen LogP) is 0.845. The van der Waals surface area contributed by atoms with Crippen molar-refractivity contribution in [2.75, 3.05) is 13.7 Å². The van der Waals surface area contributed by atoms with Crippen LogP contribution < -0.4 is 5.73 Å². The van der Waals surface area contributed by atoms with E-state index in [-0.39, 0.29) is 5.78 Å². The van der Waals surface area contributed by atoms with Gasteiger partial charge in [-0.2, -0.15) is 0 Å². The number of rotatable bonds is 5. The summed E-state index contributed by atoms with van der Waals surface area (Å²) in [6, 6.07) is 0. The van der Waals surface area contributed by atoms with Crippen molar-refractivity contribution in [2.24, 2.45) is 5.73 Å². The van der Waals surface area contributed by atoms with E-state index in [2.05, 4.69) is 0 Å². The Morgan fingerprint density at radius 1 is 1.64 bits per heavy atom. The number of carbonyl (C=O) groups is 1. The third-order valence-electron chi connectivity index (χ3n) is 1.29. The number of carbonyl (C=O) groups excluding carboxylic acids is 1. The van der Waals surface area contributed by atoms with Crippen LogP contribution in [0.15, 0.2) is 11.8 Å². The third-order valence-corrected chi connectivity index (χ3v) is 1.29. The van der Waals surface area contributed by atoms with Crippen LogP contribution in [0.1, 0.15) is 19.8 Å². The van der Waals surface area contributed by atoms with Gasteiger partial charge in [0.2, 0.25) is 0 Å². The minimum absolute atomic E-state index is 0.0682. The van der Waals surface area contributed by atoms with E-state index in [1.54, 1.807) is 7.11 Å². The van der Waals surface area contributed by atoms with Crippen molar-refractivity contribution in [1.29, 1.82) is 0 Å². The van der Waals surface area contributed by atoms with Crippen LogP contribution >= 0.6 is 0 Å². The second-order valence-electron chi connectivity index (χ2n) is 2.28. The molecule has 0 saturated heterocycles. The minimum Gasteiger partial charge on any atom is -0.402 e. The zero-order valence-corrected chi connectivity index (χ0v) is 7.09. The average Bonchev–Trinajstić information content (AvgIpc) is 2.00. The van der Waals surface area contributed by atoms with E-state index in [0.29, 0.717) is 25.1 Å². The SMILES string of the molecule is CCC(=O)C=C(N)CCOC. The van der Waals surface area contributed by atoms with E-state index < -0.39 is 0 Å². The summed E-state index contributed by atoms with van der Waals surface area (Å²) in [6.45, 7) is 2.38. The van der Waals surface area contributed by atoms with Crippen molar-refractivity contribution >= 4 is 5.78 Å². The molecular formula is C8H15NO2. The van der Waals surface area contributed by atoms with E-state index >= 15 is 0 Å². The lowest BCUT2D eigenvalue weighted by Gasteiger charge is -1.98. The normalized spacial score (nSPS) is 11.6. The first-order valence-corrected chi connectivity index (χ1v) is 3.68. The fourth-order valence-electron chi connectivity index (χ4n) is 0.601. The summed E-state index contributed by atoms with van der Waals surface area (Å²) in [6.07, 6.45) is 2.61. The smallest absolute Gasteiger partial charge is 0.157 e. The zero-order chi connectivity index (χ0) is 8.69. The van der Waals surface area contributed by atoms with Crippen LogP contribution in [0.4, 0.5) is 0 Å². The second-order valence-corrected chi connectivity index (χ2v) is 2.28. The maximum absolute atomic E-state index is 10.8. The molecule has 0 aromatic carbocycles. The maximum atomic E-state index is 10.8. The quantitative estimate of drug-likeness (QED) is 0.602. The van der Waals surface area contributed by atoms with Crippen molar-refractivity contribution in [3.05, 3.63) is 11.8 Å². The molecule has 2 N–H and O–H groups in total. The molecule has 0 atom stereocenters. The van der Waals surface area contributed by atoms with Crippen LogP contribution in [0.3, 0.4) is 0 Å². The Labute approximate surface area is 67.2 Å².